The Labute approximate surface area is 135 Å². The molecule has 2 N–H and O–H groups in total. The number of hydrogen-bond donors (Lipinski definition) is 2. The van der Waals surface area contributed by atoms with Crippen LogP contribution in [0.1, 0.15) is 10.4 Å². The molecule has 0 saturated carbocycles. The highest BCUT2D eigenvalue weighted by Gasteiger charge is 2.13. The molecule has 0 bridgehead atoms. The van der Waals surface area contributed by atoms with Gasteiger partial charge in [0.05, 0.1) is 16.8 Å². The van der Waals surface area contributed by atoms with E-state index < -0.39 is 0 Å². The highest BCUT2D eigenvalue weighted by atomic mass is 127. The molecule has 21 heavy (non-hydrogen) atoms. The summed E-state index contributed by atoms with van der Waals surface area (Å²) in [5, 5.41) is 13.6. The molecule has 104 valence electrons. The molecular formula is C16H11IN2O2. The summed E-state index contributed by atoms with van der Waals surface area (Å²) in [6.45, 7) is 0. The number of aromatic hydroxyl groups is 1. The van der Waals surface area contributed by atoms with E-state index in [0.717, 1.165) is 14.5 Å². The van der Waals surface area contributed by atoms with E-state index in [2.05, 4.69) is 32.9 Å². The Balaban J connectivity index is 1.99. The maximum absolute atomic E-state index is 12.3. The molecule has 0 aliphatic rings. The van der Waals surface area contributed by atoms with Gasteiger partial charge in [-0.3, -0.25) is 9.78 Å². The maximum atomic E-state index is 12.3. The third kappa shape index (κ3) is 2.82. The third-order valence-corrected chi connectivity index (χ3v) is 3.76. The Hall–Kier alpha value is -2.15. The standard InChI is InChI=1S/C16H11IN2O2/c17-11-6-7-14(20)12(9-11)16(21)19-13-5-1-3-10-4-2-8-18-15(10)13/h1-9,20H,(H,19,21). The van der Waals surface area contributed by atoms with Crippen LogP contribution in [0.3, 0.4) is 0 Å². The van der Waals surface area contributed by atoms with Crippen LogP contribution in [0, 0.1) is 3.57 Å². The number of para-hydroxylation sites is 1. The van der Waals surface area contributed by atoms with E-state index in [4.69, 9.17) is 0 Å². The van der Waals surface area contributed by atoms with Gasteiger partial charge in [-0.1, -0.05) is 18.2 Å². The van der Waals surface area contributed by atoms with Crippen molar-refractivity contribution >= 4 is 45.1 Å². The second kappa shape index (κ2) is 5.69. The van der Waals surface area contributed by atoms with Crippen molar-refractivity contribution in [1.29, 1.82) is 0 Å². The average molecular weight is 390 g/mol. The van der Waals surface area contributed by atoms with Crippen LogP contribution in [0.5, 0.6) is 5.75 Å². The van der Waals surface area contributed by atoms with E-state index in [-0.39, 0.29) is 17.2 Å². The average Bonchev–Trinajstić information content (AvgIpc) is 2.50. The molecule has 5 heteroatoms. The van der Waals surface area contributed by atoms with E-state index in [1.807, 2.05) is 24.3 Å². The molecule has 4 nitrogen and oxygen atoms in total. The number of nitrogens with one attached hydrogen (secondary N) is 1. The summed E-state index contributed by atoms with van der Waals surface area (Å²) in [5.74, 6) is -0.398. The van der Waals surface area contributed by atoms with Gasteiger partial charge in [0.15, 0.2) is 0 Å². The summed E-state index contributed by atoms with van der Waals surface area (Å²) in [7, 11) is 0. The number of benzene rings is 2. The molecule has 0 spiro atoms. The Bertz CT molecular complexity index is 828. The van der Waals surface area contributed by atoms with Gasteiger partial charge in [0.25, 0.3) is 5.91 Å². The normalized spacial score (nSPS) is 10.5. The Morgan fingerprint density at radius 3 is 2.81 bits per heavy atom. The molecule has 0 atom stereocenters. The van der Waals surface area contributed by atoms with E-state index >= 15 is 0 Å². The van der Waals surface area contributed by atoms with Crippen molar-refractivity contribution in [3.63, 3.8) is 0 Å². The largest absolute Gasteiger partial charge is 0.507 e. The first-order valence-electron chi connectivity index (χ1n) is 6.29. The van der Waals surface area contributed by atoms with E-state index in [1.54, 1.807) is 24.4 Å². The SMILES string of the molecule is O=C(Nc1cccc2cccnc12)c1cc(I)ccc1O. The van der Waals surface area contributed by atoms with E-state index in [0.29, 0.717) is 5.69 Å². The number of aromatic nitrogens is 1. The summed E-state index contributed by atoms with van der Waals surface area (Å²) in [5.41, 5.74) is 1.59. The first-order chi connectivity index (χ1) is 10.1. The van der Waals surface area contributed by atoms with Gasteiger partial charge in [-0.15, -0.1) is 0 Å². The maximum Gasteiger partial charge on any atom is 0.259 e. The number of fused-ring (bicyclic) bond motifs is 1. The molecule has 0 unspecified atom stereocenters. The number of anilines is 1. The van der Waals surface area contributed by atoms with Crippen molar-refractivity contribution in [3.05, 3.63) is 63.9 Å². The van der Waals surface area contributed by atoms with Gasteiger partial charge in [-0.2, -0.15) is 0 Å². The van der Waals surface area contributed by atoms with Gasteiger partial charge in [-0.25, -0.2) is 0 Å². The predicted molar refractivity (Wildman–Crippen MR) is 90.5 cm³/mol. The molecule has 3 rings (SSSR count). The van der Waals surface area contributed by atoms with Crippen LogP contribution in [0.4, 0.5) is 5.69 Å². The highest BCUT2D eigenvalue weighted by Crippen LogP contribution is 2.24. The van der Waals surface area contributed by atoms with Crippen molar-refractivity contribution in [2.24, 2.45) is 0 Å². The highest BCUT2D eigenvalue weighted by molar-refractivity contribution is 14.1. The number of nitrogens with zero attached hydrogens (tertiary/aromatic N) is 1. The van der Waals surface area contributed by atoms with Crippen LogP contribution in [0.2, 0.25) is 0 Å². The van der Waals surface area contributed by atoms with Gasteiger partial charge in [0, 0.05) is 15.2 Å². The molecule has 0 radical (unpaired) electrons. The number of rotatable bonds is 2. The number of carbonyl (C=O) groups is 1. The Morgan fingerprint density at radius 2 is 1.95 bits per heavy atom. The summed E-state index contributed by atoms with van der Waals surface area (Å²) in [6, 6.07) is 14.3. The second-order valence-electron chi connectivity index (χ2n) is 4.50. The van der Waals surface area contributed by atoms with Gasteiger partial charge >= 0.3 is 0 Å². The summed E-state index contributed by atoms with van der Waals surface area (Å²) in [4.78, 5) is 16.6. The van der Waals surface area contributed by atoms with Crippen LogP contribution in [-0.2, 0) is 0 Å². The lowest BCUT2D eigenvalue weighted by molar-refractivity contribution is 0.102. The monoisotopic (exact) mass is 390 g/mol. The molecule has 0 fully saturated rings. The first kappa shape index (κ1) is 13.8. The van der Waals surface area contributed by atoms with Gasteiger partial charge in [-0.05, 0) is 52.9 Å². The second-order valence-corrected chi connectivity index (χ2v) is 5.74. The van der Waals surface area contributed by atoms with Gasteiger partial charge in [0.1, 0.15) is 5.75 Å². The fraction of sp³-hybridized carbons (Fsp3) is 0. The Kier molecular flexibility index (Phi) is 3.74. The van der Waals surface area contributed by atoms with Crippen molar-refractivity contribution in [2.75, 3.05) is 5.32 Å². The zero-order valence-corrected chi connectivity index (χ0v) is 13.0. The molecular weight excluding hydrogens is 379 g/mol. The summed E-state index contributed by atoms with van der Waals surface area (Å²) < 4.78 is 0.881. The zero-order chi connectivity index (χ0) is 14.8. The number of halogens is 1. The molecule has 1 aromatic heterocycles. The number of phenols is 1. The minimum absolute atomic E-state index is 0.0406. The van der Waals surface area contributed by atoms with Crippen LogP contribution in [-0.4, -0.2) is 16.0 Å². The van der Waals surface area contributed by atoms with Crippen LogP contribution in [0.25, 0.3) is 10.9 Å². The molecule has 0 aliphatic heterocycles. The fourth-order valence-electron chi connectivity index (χ4n) is 2.08. The number of carbonyl (C=O) groups excluding carboxylic acids is 1. The lowest BCUT2D eigenvalue weighted by atomic mass is 10.1. The lowest BCUT2D eigenvalue weighted by Crippen LogP contribution is -2.12. The molecule has 0 aliphatic carbocycles. The summed E-state index contributed by atoms with van der Waals surface area (Å²) in [6.07, 6.45) is 1.68. The van der Waals surface area contributed by atoms with Crippen LogP contribution >= 0.6 is 22.6 Å². The van der Waals surface area contributed by atoms with Crippen molar-refractivity contribution in [1.82, 2.24) is 4.98 Å². The summed E-state index contributed by atoms with van der Waals surface area (Å²) >= 11 is 2.10. The predicted octanol–water partition coefficient (Wildman–Crippen LogP) is 3.80. The van der Waals surface area contributed by atoms with Crippen LogP contribution < -0.4 is 5.32 Å². The molecule has 0 saturated heterocycles. The van der Waals surface area contributed by atoms with E-state index in [1.165, 1.54) is 6.07 Å². The van der Waals surface area contributed by atoms with Crippen molar-refractivity contribution in [3.8, 4) is 5.75 Å². The van der Waals surface area contributed by atoms with Crippen LogP contribution in [0.15, 0.2) is 54.7 Å². The first-order valence-corrected chi connectivity index (χ1v) is 7.36. The minimum Gasteiger partial charge on any atom is -0.507 e. The fourth-order valence-corrected chi connectivity index (χ4v) is 2.58. The topological polar surface area (TPSA) is 62.2 Å². The van der Waals surface area contributed by atoms with Crippen molar-refractivity contribution in [2.45, 2.75) is 0 Å². The number of pyridine rings is 1. The van der Waals surface area contributed by atoms with Gasteiger partial charge < -0.3 is 10.4 Å². The minimum atomic E-state index is -0.357. The molecule has 1 amide bonds. The Morgan fingerprint density at radius 1 is 1.14 bits per heavy atom. The number of phenolic OH excluding ortho intramolecular Hbond substituents is 1. The number of hydrogen-bond acceptors (Lipinski definition) is 3. The smallest absolute Gasteiger partial charge is 0.259 e. The molecule has 3 aromatic rings. The zero-order valence-electron chi connectivity index (χ0n) is 10.9. The third-order valence-electron chi connectivity index (χ3n) is 3.08. The van der Waals surface area contributed by atoms with E-state index in [9.17, 15) is 9.90 Å². The number of amides is 1. The molecule has 2 aromatic carbocycles. The molecule has 1 heterocycles. The lowest BCUT2D eigenvalue weighted by Gasteiger charge is -2.09. The van der Waals surface area contributed by atoms with Gasteiger partial charge in [0.2, 0.25) is 0 Å². The quantitative estimate of drug-likeness (QED) is 0.655. The van der Waals surface area contributed by atoms with Crippen molar-refractivity contribution < 1.29 is 9.90 Å².